The molecule has 15 heavy (non-hydrogen) atoms. The molecule has 1 N–H and O–H groups in total. The molecule has 5 heteroatoms. The van der Waals surface area contributed by atoms with Crippen LogP contribution in [-0.2, 0) is 9.47 Å². The van der Waals surface area contributed by atoms with Crippen LogP contribution in [0.5, 0.6) is 0 Å². The predicted octanol–water partition coefficient (Wildman–Crippen LogP) is 2.61. The van der Waals surface area contributed by atoms with Crippen molar-refractivity contribution in [3.8, 4) is 0 Å². The first-order chi connectivity index (χ1) is 7.20. The number of carbonyl (C=O) groups excluding carboxylic acids is 1. The van der Waals surface area contributed by atoms with E-state index in [1.54, 1.807) is 6.92 Å². The fraction of sp³-hybridized carbons (Fsp3) is 0.800. The lowest BCUT2D eigenvalue weighted by molar-refractivity contribution is 0.154. The highest BCUT2D eigenvalue weighted by Crippen LogP contribution is 1.98. The normalized spacial score (nSPS) is 9.47. The quantitative estimate of drug-likeness (QED) is 0.566. The van der Waals surface area contributed by atoms with Gasteiger partial charge in [0, 0.05) is 0 Å². The van der Waals surface area contributed by atoms with E-state index in [0.29, 0.717) is 13.2 Å². The predicted molar refractivity (Wildman–Crippen MR) is 62.8 cm³/mol. The van der Waals surface area contributed by atoms with Gasteiger partial charge in [-0.1, -0.05) is 26.2 Å². The lowest BCUT2D eigenvalue weighted by Crippen LogP contribution is -2.31. The van der Waals surface area contributed by atoms with Gasteiger partial charge in [-0.05, 0) is 25.6 Å². The van der Waals surface area contributed by atoms with Gasteiger partial charge in [0.1, 0.15) is 0 Å². The zero-order chi connectivity index (χ0) is 11.5. The van der Waals surface area contributed by atoms with E-state index >= 15 is 0 Å². The van der Waals surface area contributed by atoms with Crippen LogP contribution in [0.4, 0.5) is 4.79 Å². The Morgan fingerprint density at radius 1 is 1.20 bits per heavy atom. The number of ether oxygens (including phenoxy) is 2. The van der Waals surface area contributed by atoms with Crippen molar-refractivity contribution in [2.24, 2.45) is 0 Å². The fourth-order valence-corrected chi connectivity index (χ4v) is 1.15. The standard InChI is InChI=1S/C10H19NO3S/c1-3-5-6-7-8-14-10(15)11-9(12)13-4-2/h3-8H2,1-2H3,(H,11,12,15). The Hall–Kier alpha value is -0.840. The van der Waals surface area contributed by atoms with Gasteiger partial charge in [0.15, 0.2) is 0 Å². The van der Waals surface area contributed by atoms with Crippen LogP contribution in [-0.4, -0.2) is 24.5 Å². The zero-order valence-corrected chi connectivity index (χ0v) is 10.2. The molecule has 0 spiro atoms. The maximum atomic E-state index is 10.9. The number of rotatable bonds is 6. The minimum atomic E-state index is -0.559. The molecule has 0 aromatic rings. The number of thiocarbonyl (C=S) groups is 1. The second-order valence-corrected chi connectivity index (χ2v) is 3.41. The van der Waals surface area contributed by atoms with Gasteiger partial charge in [-0.25, -0.2) is 4.79 Å². The molecule has 0 aromatic heterocycles. The van der Waals surface area contributed by atoms with Crippen molar-refractivity contribution in [2.75, 3.05) is 13.2 Å². The Bertz CT molecular complexity index is 197. The van der Waals surface area contributed by atoms with Crippen LogP contribution in [0.2, 0.25) is 0 Å². The van der Waals surface area contributed by atoms with Crippen LogP contribution in [0.25, 0.3) is 0 Å². The summed E-state index contributed by atoms with van der Waals surface area (Å²) < 4.78 is 9.76. The van der Waals surface area contributed by atoms with Crippen LogP contribution in [0.1, 0.15) is 39.5 Å². The van der Waals surface area contributed by atoms with Gasteiger partial charge < -0.3 is 9.47 Å². The summed E-state index contributed by atoms with van der Waals surface area (Å²) in [5.41, 5.74) is 0. The van der Waals surface area contributed by atoms with Crippen molar-refractivity contribution in [1.29, 1.82) is 0 Å². The second kappa shape index (κ2) is 9.71. The molecule has 0 aromatic carbocycles. The highest BCUT2D eigenvalue weighted by molar-refractivity contribution is 7.80. The number of unbranched alkanes of at least 4 members (excludes halogenated alkanes) is 3. The number of carbonyl (C=O) groups is 1. The van der Waals surface area contributed by atoms with E-state index < -0.39 is 6.09 Å². The summed E-state index contributed by atoms with van der Waals surface area (Å²) in [5, 5.41) is 2.41. The van der Waals surface area contributed by atoms with Gasteiger partial charge in [0.2, 0.25) is 0 Å². The molecular weight excluding hydrogens is 214 g/mol. The van der Waals surface area contributed by atoms with E-state index in [4.69, 9.17) is 17.0 Å². The monoisotopic (exact) mass is 233 g/mol. The molecule has 0 rings (SSSR count). The minimum Gasteiger partial charge on any atom is -0.471 e. The summed E-state index contributed by atoms with van der Waals surface area (Å²) in [6.07, 6.45) is 3.90. The van der Waals surface area contributed by atoms with Crippen LogP contribution in [0, 0.1) is 0 Å². The average Bonchev–Trinajstić information content (AvgIpc) is 2.17. The Labute approximate surface area is 96.3 Å². The van der Waals surface area contributed by atoms with Crippen molar-refractivity contribution in [2.45, 2.75) is 39.5 Å². The van der Waals surface area contributed by atoms with Gasteiger partial charge in [-0.15, -0.1) is 0 Å². The molecular formula is C10H19NO3S. The molecule has 4 nitrogen and oxygen atoms in total. The molecule has 0 fully saturated rings. The second-order valence-electron chi connectivity index (χ2n) is 3.04. The average molecular weight is 233 g/mol. The molecule has 0 atom stereocenters. The molecule has 0 radical (unpaired) electrons. The van der Waals surface area contributed by atoms with Gasteiger partial charge in [-0.2, -0.15) is 0 Å². The first-order valence-electron chi connectivity index (χ1n) is 5.31. The minimum absolute atomic E-state index is 0.0879. The third kappa shape index (κ3) is 9.46. The van der Waals surface area contributed by atoms with Crippen LogP contribution >= 0.6 is 12.2 Å². The molecule has 1 amide bonds. The van der Waals surface area contributed by atoms with Gasteiger partial charge in [0.05, 0.1) is 13.2 Å². The SMILES string of the molecule is CCCCCCOC(=S)NC(=O)OCC. The van der Waals surface area contributed by atoms with Gasteiger partial charge in [-0.3, -0.25) is 5.32 Å². The van der Waals surface area contributed by atoms with Gasteiger partial charge >= 0.3 is 6.09 Å². The van der Waals surface area contributed by atoms with Crippen molar-refractivity contribution in [3.63, 3.8) is 0 Å². The maximum Gasteiger partial charge on any atom is 0.414 e. The Morgan fingerprint density at radius 3 is 2.53 bits per heavy atom. The molecule has 88 valence electrons. The van der Waals surface area contributed by atoms with E-state index in [2.05, 4.69) is 17.0 Å². The number of hydrogen-bond donors (Lipinski definition) is 1. The van der Waals surface area contributed by atoms with E-state index in [9.17, 15) is 4.79 Å². The number of hydrogen-bond acceptors (Lipinski definition) is 4. The molecule has 0 heterocycles. The molecule has 0 aliphatic heterocycles. The zero-order valence-electron chi connectivity index (χ0n) is 9.38. The first-order valence-corrected chi connectivity index (χ1v) is 5.72. The Balaban J connectivity index is 3.37. The Morgan fingerprint density at radius 2 is 1.93 bits per heavy atom. The third-order valence-electron chi connectivity index (χ3n) is 1.71. The van der Waals surface area contributed by atoms with Crippen molar-refractivity contribution < 1.29 is 14.3 Å². The highest BCUT2D eigenvalue weighted by atomic mass is 32.1. The summed E-state index contributed by atoms with van der Waals surface area (Å²) in [4.78, 5) is 10.9. The van der Waals surface area contributed by atoms with E-state index in [1.807, 2.05) is 0 Å². The van der Waals surface area contributed by atoms with Crippen molar-refractivity contribution in [3.05, 3.63) is 0 Å². The van der Waals surface area contributed by atoms with E-state index in [1.165, 1.54) is 12.8 Å². The number of nitrogens with one attached hydrogen (secondary N) is 1. The fourth-order valence-electron chi connectivity index (χ4n) is 0.980. The van der Waals surface area contributed by atoms with Crippen molar-refractivity contribution >= 4 is 23.5 Å². The lowest BCUT2D eigenvalue weighted by Gasteiger charge is -2.08. The topological polar surface area (TPSA) is 47.6 Å². The largest absolute Gasteiger partial charge is 0.471 e. The molecule has 0 aliphatic rings. The summed E-state index contributed by atoms with van der Waals surface area (Å²) >= 11 is 4.79. The van der Waals surface area contributed by atoms with E-state index in [0.717, 1.165) is 12.8 Å². The molecule has 0 saturated heterocycles. The smallest absolute Gasteiger partial charge is 0.414 e. The van der Waals surface area contributed by atoms with Crippen LogP contribution in [0.3, 0.4) is 0 Å². The van der Waals surface area contributed by atoms with Crippen molar-refractivity contribution in [1.82, 2.24) is 5.32 Å². The Kier molecular flexibility index (Phi) is 9.16. The first kappa shape index (κ1) is 14.2. The third-order valence-corrected chi connectivity index (χ3v) is 1.93. The lowest BCUT2D eigenvalue weighted by atomic mass is 10.2. The van der Waals surface area contributed by atoms with Crippen LogP contribution in [0.15, 0.2) is 0 Å². The molecule has 0 unspecified atom stereocenters. The summed E-state index contributed by atoms with van der Waals surface area (Å²) in [6, 6.07) is 0. The number of alkyl carbamates (subject to hydrolysis) is 1. The summed E-state index contributed by atoms with van der Waals surface area (Å²) in [5.74, 6) is 0. The van der Waals surface area contributed by atoms with Gasteiger partial charge in [0.25, 0.3) is 5.17 Å². The maximum absolute atomic E-state index is 10.9. The highest BCUT2D eigenvalue weighted by Gasteiger charge is 2.04. The molecule has 0 aliphatic carbocycles. The molecule has 0 bridgehead atoms. The van der Waals surface area contributed by atoms with E-state index in [-0.39, 0.29) is 5.17 Å². The number of amides is 1. The molecule has 0 saturated carbocycles. The van der Waals surface area contributed by atoms with Crippen LogP contribution < -0.4 is 5.32 Å². The summed E-state index contributed by atoms with van der Waals surface area (Å²) in [6.45, 7) is 4.75. The summed E-state index contributed by atoms with van der Waals surface area (Å²) in [7, 11) is 0.